The smallest absolute Gasteiger partial charge is 0.191 e. The number of nitrogens with zero attached hydrogens (tertiary/aromatic N) is 3. The standard InChI is InChI=1S/C24H31ClN6/c1-26-24(27-13-12-22-29-20-10-3-4-11-21(20)30-22)28-16-18-8-6-14-31(2)23(18)17-7-5-9-19(25)15-17/h3-5,7,9-11,15,18,23H,6,8,12-14,16H2,1-2H3,(H,29,30)(H2,26,27,28). The molecule has 1 aliphatic rings. The van der Waals surface area contributed by atoms with Crippen LogP contribution in [0.4, 0.5) is 0 Å². The number of guanidine groups is 1. The van der Waals surface area contributed by atoms with Crippen molar-refractivity contribution in [2.45, 2.75) is 25.3 Å². The van der Waals surface area contributed by atoms with E-state index in [1.54, 1.807) is 0 Å². The van der Waals surface area contributed by atoms with E-state index in [2.05, 4.69) is 55.7 Å². The van der Waals surface area contributed by atoms with Crippen molar-refractivity contribution in [3.8, 4) is 0 Å². The van der Waals surface area contributed by atoms with Crippen LogP contribution in [0.3, 0.4) is 0 Å². The van der Waals surface area contributed by atoms with E-state index in [0.717, 1.165) is 53.9 Å². The summed E-state index contributed by atoms with van der Waals surface area (Å²) in [6.07, 6.45) is 3.20. The monoisotopic (exact) mass is 438 g/mol. The highest BCUT2D eigenvalue weighted by Crippen LogP contribution is 2.35. The molecule has 0 bridgehead atoms. The van der Waals surface area contributed by atoms with Crippen molar-refractivity contribution in [3.05, 3.63) is 64.9 Å². The molecule has 1 saturated heterocycles. The number of piperidine rings is 1. The van der Waals surface area contributed by atoms with Gasteiger partial charge in [0.2, 0.25) is 0 Å². The van der Waals surface area contributed by atoms with Gasteiger partial charge in [-0.3, -0.25) is 9.89 Å². The summed E-state index contributed by atoms with van der Waals surface area (Å²) in [6.45, 7) is 2.74. The minimum absolute atomic E-state index is 0.355. The third-order valence-electron chi connectivity index (χ3n) is 6.05. The largest absolute Gasteiger partial charge is 0.356 e. The second-order valence-corrected chi connectivity index (χ2v) is 8.65. The Bertz CT molecular complexity index is 997. The summed E-state index contributed by atoms with van der Waals surface area (Å²) in [6, 6.07) is 16.7. The molecule has 2 aromatic carbocycles. The number of rotatable bonds is 6. The Labute approximate surface area is 189 Å². The SMILES string of the molecule is CN=C(NCCc1nc2ccccc2[nH]1)NCC1CCCN(C)C1c1cccc(Cl)c1. The van der Waals surface area contributed by atoms with Crippen molar-refractivity contribution in [2.24, 2.45) is 10.9 Å². The summed E-state index contributed by atoms with van der Waals surface area (Å²) in [5.41, 5.74) is 3.37. The molecule has 1 fully saturated rings. The number of imidazole rings is 1. The van der Waals surface area contributed by atoms with E-state index in [9.17, 15) is 0 Å². The Hall–Kier alpha value is -2.57. The number of H-pyrrole nitrogens is 1. The molecule has 31 heavy (non-hydrogen) atoms. The van der Waals surface area contributed by atoms with E-state index >= 15 is 0 Å². The van der Waals surface area contributed by atoms with Gasteiger partial charge in [-0.25, -0.2) is 4.98 Å². The molecule has 3 N–H and O–H groups in total. The Kier molecular flexibility index (Phi) is 7.10. The van der Waals surface area contributed by atoms with Crippen molar-refractivity contribution in [3.63, 3.8) is 0 Å². The van der Waals surface area contributed by atoms with E-state index in [-0.39, 0.29) is 0 Å². The van der Waals surface area contributed by atoms with Gasteiger partial charge < -0.3 is 15.6 Å². The molecule has 164 valence electrons. The minimum atomic E-state index is 0.355. The highest BCUT2D eigenvalue weighted by atomic mass is 35.5. The number of nitrogens with one attached hydrogen (secondary N) is 3. The summed E-state index contributed by atoms with van der Waals surface area (Å²) in [5.74, 6) is 2.31. The first-order valence-corrected chi connectivity index (χ1v) is 11.4. The topological polar surface area (TPSA) is 68.3 Å². The number of hydrogen-bond acceptors (Lipinski definition) is 3. The summed E-state index contributed by atoms with van der Waals surface area (Å²) >= 11 is 6.27. The van der Waals surface area contributed by atoms with E-state index in [4.69, 9.17) is 11.6 Å². The molecule has 1 aliphatic heterocycles. The first kappa shape index (κ1) is 21.7. The lowest BCUT2D eigenvalue weighted by Crippen LogP contribution is -2.45. The molecule has 0 radical (unpaired) electrons. The summed E-state index contributed by atoms with van der Waals surface area (Å²) < 4.78 is 0. The predicted molar refractivity (Wildman–Crippen MR) is 129 cm³/mol. The Morgan fingerprint density at radius 3 is 2.90 bits per heavy atom. The third-order valence-corrected chi connectivity index (χ3v) is 6.28. The van der Waals surface area contributed by atoms with Gasteiger partial charge in [-0.05, 0) is 62.2 Å². The molecule has 7 heteroatoms. The zero-order valence-electron chi connectivity index (χ0n) is 18.2. The summed E-state index contributed by atoms with van der Waals surface area (Å²) in [7, 11) is 4.02. The maximum absolute atomic E-state index is 6.27. The van der Waals surface area contributed by atoms with Crippen LogP contribution in [0, 0.1) is 5.92 Å². The van der Waals surface area contributed by atoms with Crippen molar-refractivity contribution >= 4 is 28.6 Å². The predicted octanol–water partition coefficient (Wildman–Crippen LogP) is 4.01. The van der Waals surface area contributed by atoms with Crippen molar-refractivity contribution in [1.82, 2.24) is 25.5 Å². The molecule has 2 atom stereocenters. The number of halogens is 1. The quantitative estimate of drug-likeness (QED) is 0.402. The van der Waals surface area contributed by atoms with Crippen LogP contribution in [-0.2, 0) is 6.42 Å². The second kappa shape index (κ2) is 10.2. The number of para-hydroxylation sites is 2. The first-order valence-electron chi connectivity index (χ1n) is 11.0. The third kappa shape index (κ3) is 5.38. The Morgan fingerprint density at radius 2 is 2.10 bits per heavy atom. The van der Waals surface area contributed by atoms with Crippen LogP contribution in [0.15, 0.2) is 53.5 Å². The molecule has 0 saturated carbocycles. The van der Waals surface area contributed by atoms with Gasteiger partial charge in [0.1, 0.15) is 5.82 Å². The van der Waals surface area contributed by atoms with Gasteiger partial charge in [0.25, 0.3) is 0 Å². The molecule has 2 heterocycles. The Balaban J connectivity index is 1.32. The summed E-state index contributed by atoms with van der Waals surface area (Å²) in [5, 5.41) is 7.75. The molecule has 2 unspecified atom stereocenters. The van der Waals surface area contributed by atoms with Crippen molar-refractivity contribution in [1.29, 1.82) is 0 Å². The normalized spacial score (nSPS) is 20.2. The zero-order chi connectivity index (χ0) is 21.6. The van der Waals surface area contributed by atoms with Crippen LogP contribution in [0.5, 0.6) is 0 Å². The zero-order valence-corrected chi connectivity index (χ0v) is 19.0. The van der Waals surface area contributed by atoms with Gasteiger partial charge in [-0.2, -0.15) is 0 Å². The fourth-order valence-electron chi connectivity index (χ4n) is 4.56. The van der Waals surface area contributed by atoms with Gasteiger partial charge in [-0.15, -0.1) is 0 Å². The number of aliphatic imine (C=N–C) groups is 1. The lowest BCUT2D eigenvalue weighted by Gasteiger charge is -2.40. The average molecular weight is 439 g/mol. The van der Waals surface area contributed by atoms with Gasteiger partial charge in [-0.1, -0.05) is 35.9 Å². The van der Waals surface area contributed by atoms with Crippen molar-refractivity contribution < 1.29 is 0 Å². The molecule has 6 nitrogen and oxygen atoms in total. The van der Waals surface area contributed by atoms with Crippen LogP contribution in [0.2, 0.25) is 5.02 Å². The number of fused-ring (bicyclic) bond motifs is 1. The fourth-order valence-corrected chi connectivity index (χ4v) is 4.76. The lowest BCUT2D eigenvalue weighted by atomic mass is 9.85. The molecule has 0 aliphatic carbocycles. The van der Waals surface area contributed by atoms with Gasteiger partial charge >= 0.3 is 0 Å². The van der Waals surface area contributed by atoms with E-state index in [1.165, 1.54) is 18.4 Å². The molecule has 3 aromatic rings. The Morgan fingerprint density at radius 1 is 1.23 bits per heavy atom. The highest BCUT2D eigenvalue weighted by molar-refractivity contribution is 6.30. The number of aromatic nitrogens is 2. The van der Waals surface area contributed by atoms with Crippen LogP contribution in [-0.4, -0.2) is 54.6 Å². The van der Waals surface area contributed by atoms with Gasteiger partial charge in [0.05, 0.1) is 11.0 Å². The molecule has 0 spiro atoms. The number of hydrogen-bond donors (Lipinski definition) is 3. The van der Waals surface area contributed by atoms with E-state index in [1.807, 2.05) is 37.4 Å². The van der Waals surface area contributed by atoms with Crippen LogP contribution < -0.4 is 10.6 Å². The number of benzene rings is 2. The fraction of sp³-hybridized carbons (Fsp3) is 0.417. The molecule has 0 amide bonds. The molecule has 1 aromatic heterocycles. The van der Waals surface area contributed by atoms with Crippen LogP contribution >= 0.6 is 11.6 Å². The maximum atomic E-state index is 6.27. The molecular weight excluding hydrogens is 408 g/mol. The van der Waals surface area contributed by atoms with Gasteiger partial charge in [0, 0.05) is 37.6 Å². The number of likely N-dealkylation sites (tertiary alicyclic amines) is 1. The highest BCUT2D eigenvalue weighted by Gasteiger charge is 2.30. The van der Waals surface area contributed by atoms with E-state index < -0.39 is 0 Å². The molecular formula is C24H31ClN6. The second-order valence-electron chi connectivity index (χ2n) is 8.21. The summed E-state index contributed by atoms with van der Waals surface area (Å²) in [4.78, 5) is 14.9. The van der Waals surface area contributed by atoms with E-state index in [0.29, 0.717) is 12.0 Å². The minimum Gasteiger partial charge on any atom is -0.356 e. The maximum Gasteiger partial charge on any atom is 0.191 e. The van der Waals surface area contributed by atoms with Crippen LogP contribution in [0.1, 0.15) is 30.3 Å². The first-order chi connectivity index (χ1) is 15.1. The van der Waals surface area contributed by atoms with Gasteiger partial charge in [0.15, 0.2) is 5.96 Å². The lowest BCUT2D eigenvalue weighted by molar-refractivity contribution is 0.122. The number of aromatic amines is 1. The van der Waals surface area contributed by atoms with Crippen LogP contribution in [0.25, 0.3) is 11.0 Å². The molecule has 4 rings (SSSR count). The van der Waals surface area contributed by atoms with Crippen molar-refractivity contribution in [2.75, 3.05) is 33.7 Å². The average Bonchev–Trinajstić information content (AvgIpc) is 3.19.